The molecular weight excluding hydrogens is 394 g/mol. The van der Waals surface area contributed by atoms with Gasteiger partial charge >= 0.3 is 0 Å². The fourth-order valence-electron chi connectivity index (χ4n) is 3.47. The number of rotatable bonds is 5. The lowest BCUT2D eigenvalue weighted by molar-refractivity contribution is -0.127. The zero-order chi connectivity index (χ0) is 21.2. The van der Waals surface area contributed by atoms with Gasteiger partial charge in [0.2, 0.25) is 5.95 Å². The molecule has 0 saturated heterocycles. The van der Waals surface area contributed by atoms with Crippen LogP contribution in [0.2, 0.25) is 0 Å². The minimum absolute atomic E-state index is 0.0336. The molecule has 0 saturated carbocycles. The van der Waals surface area contributed by atoms with Crippen LogP contribution in [0, 0.1) is 0 Å². The van der Waals surface area contributed by atoms with Crippen molar-refractivity contribution in [1.29, 1.82) is 0 Å². The van der Waals surface area contributed by atoms with Gasteiger partial charge in [-0.15, -0.1) is 0 Å². The van der Waals surface area contributed by atoms with Crippen molar-refractivity contribution in [3.05, 3.63) is 79.6 Å². The van der Waals surface area contributed by atoms with Gasteiger partial charge in [-0.05, 0) is 30.3 Å². The number of imidazole rings is 2. The molecular formula is C22H17N7O2. The highest BCUT2D eigenvalue weighted by Gasteiger charge is 2.27. The molecule has 0 aliphatic rings. The summed E-state index contributed by atoms with van der Waals surface area (Å²) in [6, 6.07) is 16.6. The maximum absolute atomic E-state index is 13.2. The van der Waals surface area contributed by atoms with Crippen molar-refractivity contribution >= 4 is 39.8 Å². The summed E-state index contributed by atoms with van der Waals surface area (Å²) in [6.07, 6.45) is 6.16. The molecule has 0 atom stereocenters. The number of benzene rings is 2. The van der Waals surface area contributed by atoms with Gasteiger partial charge in [-0.3, -0.25) is 9.59 Å². The Labute approximate surface area is 176 Å². The summed E-state index contributed by atoms with van der Waals surface area (Å²) in [4.78, 5) is 44.4. The van der Waals surface area contributed by atoms with Crippen molar-refractivity contribution in [2.24, 2.45) is 0 Å². The highest BCUT2D eigenvalue weighted by atomic mass is 16.2. The van der Waals surface area contributed by atoms with Crippen molar-refractivity contribution in [1.82, 2.24) is 29.1 Å². The van der Waals surface area contributed by atoms with E-state index in [0.29, 0.717) is 0 Å². The molecule has 0 spiro atoms. The fraction of sp³-hybridized carbons (Fsp3) is 0.0909. The second kappa shape index (κ2) is 7.79. The molecule has 0 unspecified atom stereocenters. The zero-order valence-electron chi connectivity index (χ0n) is 16.4. The van der Waals surface area contributed by atoms with Crippen LogP contribution < -0.4 is 4.90 Å². The van der Waals surface area contributed by atoms with Gasteiger partial charge in [0, 0.05) is 12.4 Å². The Morgan fingerprint density at radius 1 is 0.677 bits per heavy atom. The number of carbonyl (C=O) groups is 2. The average molecular weight is 411 g/mol. The minimum atomic E-state index is -0.455. The smallest absolute Gasteiger partial charge is 0.256 e. The summed E-state index contributed by atoms with van der Waals surface area (Å²) in [6.45, 7) is -0.148. The lowest BCUT2D eigenvalue weighted by atomic mass is 10.3. The number of imide groups is 1. The Hall–Kier alpha value is -4.40. The van der Waals surface area contributed by atoms with E-state index in [1.807, 2.05) is 48.5 Å². The summed E-state index contributed by atoms with van der Waals surface area (Å²) in [5, 5.41) is 0. The van der Waals surface area contributed by atoms with Gasteiger partial charge in [0.1, 0.15) is 13.1 Å². The van der Waals surface area contributed by atoms with E-state index >= 15 is 0 Å². The Morgan fingerprint density at radius 3 is 1.68 bits per heavy atom. The van der Waals surface area contributed by atoms with E-state index in [-0.39, 0.29) is 19.0 Å². The van der Waals surface area contributed by atoms with Gasteiger partial charge in [-0.25, -0.2) is 24.8 Å². The summed E-state index contributed by atoms with van der Waals surface area (Å²) in [5.74, 6) is -0.876. The third-order valence-corrected chi connectivity index (χ3v) is 4.92. The van der Waals surface area contributed by atoms with Gasteiger partial charge in [0.05, 0.1) is 34.7 Å². The van der Waals surface area contributed by atoms with Gasteiger partial charge in [0.15, 0.2) is 0 Å². The molecule has 0 N–H and O–H groups in total. The average Bonchev–Trinajstić information content (AvgIpc) is 3.39. The van der Waals surface area contributed by atoms with E-state index in [0.717, 1.165) is 27.0 Å². The number of hydrogen-bond donors (Lipinski definition) is 0. The molecule has 152 valence electrons. The Balaban J connectivity index is 1.46. The van der Waals surface area contributed by atoms with Crippen LogP contribution in [0.1, 0.15) is 0 Å². The minimum Gasteiger partial charge on any atom is -0.321 e. The quantitative estimate of drug-likeness (QED) is 0.441. The van der Waals surface area contributed by atoms with E-state index in [1.54, 1.807) is 27.9 Å². The second-order valence-corrected chi connectivity index (χ2v) is 6.89. The Morgan fingerprint density at radius 2 is 1.16 bits per heavy atom. The number of amides is 2. The fourth-order valence-corrected chi connectivity index (χ4v) is 3.47. The van der Waals surface area contributed by atoms with Gasteiger partial charge in [-0.2, -0.15) is 0 Å². The maximum atomic E-state index is 13.2. The molecule has 5 aromatic rings. The molecule has 9 nitrogen and oxygen atoms in total. The molecule has 0 aliphatic carbocycles. The first-order chi connectivity index (χ1) is 15.2. The zero-order valence-corrected chi connectivity index (χ0v) is 16.4. The summed E-state index contributed by atoms with van der Waals surface area (Å²) >= 11 is 0. The molecule has 0 aliphatic heterocycles. The van der Waals surface area contributed by atoms with Crippen LogP contribution in [0.15, 0.2) is 79.6 Å². The van der Waals surface area contributed by atoms with Crippen LogP contribution in [-0.2, 0) is 22.7 Å². The number of nitrogens with zero attached hydrogens (tertiary/aromatic N) is 7. The number of fused-ring (bicyclic) bond motifs is 2. The van der Waals surface area contributed by atoms with Crippen molar-refractivity contribution in [2.75, 3.05) is 4.90 Å². The highest BCUT2D eigenvalue weighted by Crippen LogP contribution is 2.16. The highest BCUT2D eigenvalue weighted by molar-refractivity contribution is 6.13. The van der Waals surface area contributed by atoms with Gasteiger partial charge in [0.25, 0.3) is 11.8 Å². The maximum Gasteiger partial charge on any atom is 0.256 e. The summed E-state index contributed by atoms with van der Waals surface area (Å²) < 4.78 is 3.40. The molecule has 31 heavy (non-hydrogen) atoms. The van der Waals surface area contributed by atoms with Crippen LogP contribution in [0.25, 0.3) is 22.1 Å². The van der Waals surface area contributed by atoms with E-state index in [2.05, 4.69) is 19.9 Å². The largest absolute Gasteiger partial charge is 0.321 e. The first-order valence-corrected chi connectivity index (χ1v) is 9.63. The van der Waals surface area contributed by atoms with Crippen LogP contribution in [-0.4, -0.2) is 40.9 Å². The van der Waals surface area contributed by atoms with E-state index in [1.165, 1.54) is 12.4 Å². The Bertz CT molecular complexity index is 1300. The van der Waals surface area contributed by atoms with Gasteiger partial charge < -0.3 is 9.13 Å². The van der Waals surface area contributed by atoms with E-state index in [4.69, 9.17) is 0 Å². The SMILES string of the molecule is O=C(Cn1cnc2ccccc21)N(C(=O)Cn1cnc2ccccc21)c1ncccn1. The molecule has 5 rings (SSSR count). The monoisotopic (exact) mass is 411 g/mol. The normalized spacial score (nSPS) is 11.1. The van der Waals surface area contributed by atoms with Crippen LogP contribution >= 0.6 is 0 Å². The molecule has 9 heteroatoms. The predicted octanol–water partition coefficient (Wildman–Crippen LogP) is 2.44. The number of anilines is 1. The van der Waals surface area contributed by atoms with Crippen LogP contribution in [0.4, 0.5) is 5.95 Å². The van der Waals surface area contributed by atoms with Crippen molar-refractivity contribution in [3.63, 3.8) is 0 Å². The van der Waals surface area contributed by atoms with Crippen molar-refractivity contribution < 1.29 is 9.59 Å². The standard InChI is InChI=1S/C22H17N7O2/c30-20(12-27-14-25-16-6-1-3-8-18(16)27)29(22-23-10-5-11-24-22)21(31)13-28-15-26-17-7-2-4-9-19(17)28/h1-11,14-15H,12-13H2. The first kappa shape index (κ1) is 18.6. The first-order valence-electron chi connectivity index (χ1n) is 9.63. The second-order valence-electron chi connectivity index (χ2n) is 6.89. The predicted molar refractivity (Wildman–Crippen MR) is 114 cm³/mol. The molecule has 2 amide bonds. The molecule has 3 heterocycles. The molecule has 2 aromatic carbocycles. The number of para-hydroxylation sites is 4. The molecule has 0 fully saturated rings. The Kier molecular flexibility index (Phi) is 4.68. The summed E-state index contributed by atoms with van der Waals surface area (Å²) in [5.41, 5.74) is 3.15. The topological polar surface area (TPSA) is 98.8 Å². The molecule has 3 aromatic heterocycles. The lowest BCUT2D eigenvalue weighted by Gasteiger charge is -2.19. The van der Waals surface area contributed by atoms with E-state index in [9.17, 15) is 9.59 Å². The lowest BCUT2D eigenvalue weighted by Crippen LogP contribution is -2.42. The van der Waals surface area contributed by atoms with E-state index < -0.39 is 11.8 Å². The van der Waals surface area contributed by atoms with Crippen LogP contribution in [0.3, 0.4) is 0 Å². The third kappa shape index (κ3) is 3.52. The van der Waals surface area contributed by atoms with Crippen LogP contribution in [0.5, 0.6) is 0 Å². The molecule has 0 radical (unpaired) electrons. The number of hydrogen-bond acceptors (Lipinski definition) is 6. The number of aromatic nitrogens is 6. The van der Waals surface area contributed by atoms with Crippen molar-refractivity contribution in [2.45, 2.75) is 13.1 Å². The third-order valence-electron chi connectivity index (χ3n) is 4.92. The van der Waals surface area contributed by atoms with Crippen molar-refractivity contribution in [3.8, 4) is 0 Å². The summed E-state index contributed by atoms with van der Waals surface area (Å²) in [7, 11) is 0. The van der Waals surface area contributed by atoms with Gasteiger partial charge in [-0.1, -0.05) is 24.3 Å². The number of carbonyl (C=O) groups excluding carboxylic acids is 2. The molecule has 0 bridgehead atoms.